The molecule has 2 aromatic carbocycles. The van der Waals surface area contributed by atoms with Crippen LogP contribution >= 0.6 is 0 Å². The van der Waals surface area contributed by atoms with Crippen LogP contribution in [0.1, 0.15) is 43.2 Å². The van der Waals surface area contributed by atoms with E-state index < -0.39 is 0 Å². The standard InChI is InChI=1S/C24H27NO5/c1-4-28-24(26)15-18-7-6-17-14-20(9-10-21(17)18)29-12-5-13-30-22-11-8-19(25-2)16-23(22)27-3/h8-11,14,16,18H,4-7,12-13,15H2,1,3H3/t18-/m0/s1. The summed E-state index contributed by atoms with van der Waals surface area (Å²) < 4.78 is 22.0. The van der Waals surface area contributed by atoms with E-state index in [4.69, 9.17) is 25.5 Å². The number of ether oxygens (including phenoxy) is 4. The highest BCUT2D eigenvalue weighted by Crippen LogP contribution is 2.37. The van der Waals surface area contributed by atoms with E-state index >= 15 is 0 Å². The molecule has 1 aliphatic rings. The summed E-state index contributed by atoms with van der Waals surface area (Å²) in [6.45, 7) is 10.3. The number of fused-ring (bicyclic) bond motifs is 1. The van der Waals surface area contributed by atoms with E-state index in [2.05, 4.69) is 17.0 Å². The third kappa shape index (κ3) is 5.44. The summed E-state index contributed by atoms with van der Waals surface area (Å²) in [5.41, 5.74) is 3.00. The highest BCUT2D eigenvalue weighted by molar-refractivity contribution is 5.71. The number of nitrogens with zero attached hydrogens (tertiary/aromatic N) is 1. The summed E-state index contributed by atoms with van der Waals surface area (Å²) in [5, 5.41) is 0. The molecule has 0 fully saturated rings. The molecule has 0 amide bonds. The van der Waals surface area contributed by atoms with Crippen LogP contribution in [0.15, 0.2) is 36.4 Å². The van der Waals surface area contributed by atoms with E-state index in [1.807, 2.05) is 13.0 Å². The maximum absolute atomic E-state index is 11.8. The van der Waals surface area contributed by atoms with Gasteiger partial charge in [-0.3, -0.25) is 4.79 Å². The number of esters is 1. The van der Waals surface area contributed by atoms with Gasteiger partial charge < -0.3 is 18.9 Å². The molecule has 0 heterocycles. The van der Waals surface area contributed by atoms with Crippen LogP contribution in [0.4, 0.5) is 5.69 Å². The first-order chi connectivity index (χ1) is 14.6. The lowest BCUT2D eigenvalue weighted by atomic mass is 9.98. The Morgan fingerprint density at radius 3 is 2.73 bits per heavy atom. The molecule has 2 aromatic rings. The summed E-state index contributed by atoms with van der Waals surface area (Å²) in [7, 11) is 1.56. The molecule has 30 heavy (non-hydrogen) atoms. The molecule has 0 aromatic heterocycles. The smallest absolute Gasteiger partial charge is 0.306 e. The Kier molecular flexibility index (Phi) is 7.56. The van der Waals surface area contributed by atoms with Gasteiger partial charge in [0.2, 0.25) is 0 Å². The quantitative estimate of drug-likeness (QED) is 0.311. The van der Waals surface area contributed by atoms with E-state index in [0.29, 0.717) is 43.4 Å². The first kappa shape index (κ1) is 21.5. The lowest BCUT2D eigenvalue weighted by molar-refractivity contribution is -0.143. The van der Waals surface area contributed by atoms with Gasteiger partial charge in [-0.15, -0.1) is 0 Å². The monoisotopic (exact) mass is 409 g/mol. The van der Waals surface area contributed by atoms with Crippen molar-refractivity contribution < 1.29 is 23.7 Å². The Balaban J connectivity index is 1.45. The van der Waals surface area contributed by atoms with Crippen LogP contribution in [0.3, 0.4) is 0 Å². The van der Waals surface area contributed by atoms with Gasteiger partial charge in [-0.1, -0.05) is 12.1 Å². The molecule has 0 N–H and O–H groups in total. The molecular formula is C24H27NO5. The van der Waals surface area contributed by atoms with Crippen LogP contribution in [-0.2, 0) is 16.0 Å². The van der Waals surface area contributed by atoms with Gasteiger partial charge in [0.15, 0.2) is 11.4 Å². The van der Waals surface area contributed by atoms with Gasteiger partial charge in [0.05, 0.1) is 39.9 Å². The molecule has 0 aliphatic heterocycles. The minimum atomic E-state index is -0.129. The summed E-state index contributed by atoms with van der Waals surface area (Å²) in [5.74, 6) is 2.13. The zero-order valence-corrected chi connectivity index (χ0v) is 17.5. The average molecular weight is 409 g/mol. The Labute approximate surface area is 177 Å². The molecule has 0 bridgehead atoms. The Hall–Kier alpha value is -3.20. The molecule has 1 aliphatic carbocycles. The zero-order valence-electron chi connectivity index (χ0n) is 17.5. The topological polar surface area (TPSA) is 58.4 Å². The first-order valence-electron chi connectivity index (χ1n) is 10.2. The van der Waals surface area contributed by atoms with Crippen LogP contribution in [-0.4, -0.2) is 32.9 Å². The third-order valence-corrected chi connectivity index (χ3v) is 5.13. The van der Waals surface area contributed by atoms with Crippen molar-refractivity contribution in [2.24, 2.45) is 0 Å². The van der Waals surface area contributed by atoms with Crippen molar-refractivity contribution in [1.29, 1.82) is 0 Å². The number of carbonyl (C=O) groups excluding carboxylic acids is 1. The van der Waals surface area contributed by atoms with Gasteiger partial charge in [-0.25, -0.2) is 4.85 Å². The van der Waals surface area contributed by atoms with Gasteiger partial charge in [0.25, 0.3) is 0 Å². The second-order valence-corrected chi connectivity index (χ2v) is 7.10. The number of methoxy groups -OCH3 is 1. The van der Waals surface area contributed by atoms with E-state index in [0.717, 1.165) is 25.0 Å². The fourth-order valence-corrected chi connectivity index (χ4v) is 3.68. The number of aryl methyl sites for hydroxylation is 1. The highest BCUT2D eigenvalue weighted by atomic mass is 16.5. The average Bonchev–Trinajstić information content (AvgIpc) is 3.15. The van der Waals surface area contributed by atoms with Crippen LogP contribution in [0.2, 0.25) is 0 Å². The minimum Gasteiger partial charge on any atom is -0.494 e. The second-order valence-electron chi connectivity index (χ2n) is 7.10. The van der Waals surface area contributed by atoms with Crippen LogP contribution < -0.4 is 14.2 Å². The van der Waals surface area contributed by atoms with Crippen molar-refractivity contribution in [2.45, 2.75) is 38.5 Å². The van der Waals surface area contributed by atoms with Crippen molar-refractivity contribution in [3.8, 4) is 17.2 Å². The van der Waals surface area contributed by atoms with Crippen molar-refractivity contribution in [2.75, 3.05) is 26.9 Å². The van der Waals surface area contributed by atoms with E-state index in [9.17, 15) is 4.79 Å². The maximum atomic E-state index is 11.8. The third-order valence-electron chi connectivity index (χ3n) is 5.13. The number of hydrogen-bond donors (Lipinski definition) is 0. The highest BCUT2D eigenvalue weighted by Gasteiger charge is 2.25. The van der Waals surface area contributed by atoms with Crippen LogP contribution in [0.5, 0.6) is 17.2 Å². The molecule has 0 spiro atoms. The van der Waals surface area contributed by atoms with Crippen molar-refractivity contribution in [3.63, 3.8) is 0 Å². The molecule has 6 heteroatoms. The fourth-order valence-electron chi connectivity index (χ4n) is 3.68. The van der Waals surface area contributed by atoms with Gasteiger partial charge >= 0.3 is 5.97 Å². The first-order valence-corrected chi connectivity index (χ1v) is 10.2. The van der Waals surface area contributed by atoms with Crippen LogP contribution in [0, 0.1) is 6.57 Å². The van der Waals surface area contributed by atoms with Crippen molar-refractivity contribution in [1.82, 2.24) is 0 Å². The van der Waals surface area contributed by atoms with E-state index in [1.165, 1.54) is 11.1 Å². The normalized spacial score (nSPS) is 14.5. The molecule has 6 nitrogen and oxygen atoms in total. The largest absolute Gasteiger partial charge is 0.494 e. The lowest BCUT2D eigenvalue weighted by Crippen LogP contribution is -2.08. The number of rotatable bonds is 10. The molecule has 0 saturated heterocycles. The Bertz CT molecular complexity index is 918. The summed E-state index contributed by atoms with van der Waals surface area (Å²) in [4.78, 5) is 15.2. The van der Waals surface area contributed by atoms with Gasteiger partial charge in [0, 0.05) is 6.42 Å². The molecule has 0 radical (unpaired) electrons. The van der Waals surface area contributed by atoms with Crippen LogP contribution in [0.25, 0.3) is 4.85 Å². The molecule has 0 unspecified atom stereocenters. The number of hydrogen-bond acceptors (Lipinski definition) is 5. The molecule has 0 saturated carbocycles. The second kappa shape index (κ2) is 10.5. The SMILES string of the molecule is [C-]#[N+]c1ccc(OCCCOc2ccc3c(c2)CC[C@H]3CC(=O)OCC)c(OC)c1. The zero-order chi connectivity index (χ0) is 21.3. The summed E-state index contributed by atoms with van der Waals surface area (Å²) in [6.07, 6.45) is 3.09. The van der Waals surface area contributed by atoms with E-state index in [1.54, 1.807) is 25.3 Å². The maximum Gasteiger partial charge on any atom is 0.306 e. The van der Waals surface area contributed by atoms with Gasteiger partial charge in [-0.2, -0.15) is 0 Å². The Morgan fingerprint density at radius 2 is 1.97 bits per heavy atom. The summed E-state index contributed by atoms with van der Waals surface area (Å²) in [6, 6.07) is 11.2. The predicted octanol–water partition coefficient (Wildman–Crippen LogP) is 5.08. The predicted molar refractivity (Wildman–Crippen MR) is 114 cm³/mol. The van der Waals surface area contributed by atoms with Gasteiger partial charge in [0.1, 0.15) is 11.5 Å². The van der Waals surface area contributed by atoms with Crippen molar-refractivity contribution in [3.05, 3.63) is 58.9 Å². The fraction of sp³-hybridized carbons (Fsp3) is 0.417. The van der Waals surface area contributed by atoms with E-state index in [-0.39, 0.29) is 11.9 Å². The number of carbonyl (C=O) groups is 1. The van der Waals surface area contributed by atoms with Gasteiger partial charge in [-0.05, 0) is 61.1 Å². The molecule has 3 rings (SSSR count). The Morgan fingerprint density at radius 1 is 1.13 bits per heavy atom. The number of benzene rings is 2. The van der Waals surface area contributed by atoms with Crippen molar-refractivity contribution >= 4 is 11.7 Å². The minimum absolute atomic E-state index is 0.129. The lowest BCUT2D eigenvalue weighted by Gasteiger charge is -2.13. The molecule has 1 atom stereocenters. The molecular weight excluding hydrogens is 382 g/mol. The summed E-state index contributed by atoms with van der Waals surface area (Å²) >= 11 is 0. The molecule has 158 valence electrons.